The molecule has 0 aliphatic heterocycles. The van der Waals surface area contributed by atoms with Crippen molar-refractivity contribution in [3.05, 3.63) is 76.8 Å². The second-order valence-corrected chi connectivity index (χ2v) is 8.62. The van der Waals surface area contributed by atoms with E-state index in [1.54, 1.807) is 0 Å². The molecule has 0 bridgehead atoms. The highest BCUT2D eigenvalue weighted by molar-refractivity contribution is 7.89. The minimum absolute atomic E-state index is 0.0458. The second-order valence-electron chi connectivity index (χ2n) is 6.47. The molecule has 0 aromatic heterocycles. The molecule has 0 fully saturated rings. The molecule has 6 nitrogen and oxygen atoms in total. The van der Waals surface area contributed by atoms with Crippen LogP contribution in [-0.4, -0.2) is 39.9 Å². The number of sulfonamides is 1. The molecule has 0 saturated carbocycles. The summed E-state index contributed by atoms with van der Waals surface area (Å²) in [6.07, 6.45) is 1.42. The van der Waals surface area contributed by atoms with Crippen LogP contribution in [0.15, 0.2) is 60.0 Å². The molecule has 150 valence electrons. The number of hydrogen-bond donors (Lipinski definition) is 2. The summed E-state index contributed by atoms with van der Waals surface area (Å²) in [6, 6.07) is 12.0. The van der Waals surface area contributed by atoms with E-state index in [1.807, 2.05) is 43.3 Å². The zero-order valence-corrected chi connectivity index (χ0v) is 17.5. The van der Waals surface area contributed by atoms with Crippen LogP contribution in [0.1, 0.15) is 21.5 Å². The van der Waals surface area contributed by atoms with Gasteiger partial charge in [-0.15, -0.1) is 6.58 Å². The summed E-state index contributed by atoms with van der Waals surface area (Å²) in [4.78, 5) is 14.5. The lowest BCUT2D eigenvalue weighted by Gasteiger charge is -2.15. The number of carbonyl (C=O) groups excluding carboxylic acids is 1. The van der Waals surface area contributed by atoms with Crippen molar-refractivity contribution in [1.29, 1.82) is 0 Å². The van der Waals surface area contributed by atoms with Gasteiger partial charge in [-0.25, -0.2) is 13.1 Å². The maximum Gasteiger partial charge on any atom is 0.251 e. The van der Waals surface area contributed by atoms with Gasteiger partial charge < -0.3 is 10.2 Å². The summed E-state index contributed by atoms with van der Waals surface area (Å²) in [7, 11) is 0.120. The summed E-state index contributed by atoms with van der Waals surface area (Å²) in [5.41, 5.74) is 2.33. The van der Waals surface area contributed by atoms with Crippen molar-refractivity contribution < 1.29 is 13.2 Å². The second kappa shape index (κ2) is 9.84. The molecule has 0 aliphatic carbocycles. The summed E-state index contributed by atoms with van der Waals surface area (Å²) in [5.74, 6) is -0.378. The van der Waals surface area contributed by atoms with Gasteiger partial charge >= 0.3 is 0 Å². The smallest absolute Gasteiger partial charge is 0.251 e. The number of rotatable bonds is 9. The number of carbonyl (C=O) groups is 1. The Morgan fingerprint density at radius 2 is 1.86 bits per heavy atom. The van der Waals surface area contributed by atoms with Crippen LogP contribution in [-0.2, 0) is 23.1 Å². The maximum absolute atomic E-state index is 12.6. The molecule has 0 radical (unpaired) electrons. The maximum atomic E-state index is 12.6. The van der Waals surface area contributed by atoms with Gasteiger partial charge in [0, 0.05) is 25.2 Å². The normalized spacial score (nSPS) is 11.4. The molecule has 0 aliphatic rings. The molecule has 28 heavy (non-hydrogen) atoms. The number of hydrogen-bond acceptors (Lipinski definition) is 4. The minimum Gasteiger partial charge on any atom is -0.348 e. The van der Waals surface area contributed by atoms with Gasteiger partial charge in [0.25, 0.3) is 5.91 Å². The zero-order chi connectivity index (χ0) is 20.7. The Balaban J connectivity index is 2.18. The van der Waals surface area contributed by atoms with Crippen molar-refractivity contribution in [2.24, 2.45) is 0 Å². The van der Waals surface area contributed by atoms with Crippen molar-refractivity contribution in [1.82, 2.24) is 14.9 Å². The Hall–Kier alpha value is -2.19. The van der Waals surface area contributed by atoms with Crippen molar-refractivity contribution in [2.45, 2.75) is 18.0 Å². The van der Waals surface area contributed by atoms with E-state index in [4.69, 9.17) is 11.6 Å². The molecule has 0 heterocycles. The first kappa shape index (κ1) is 22.1. The van der Waals surface area contributed by atoms with E-state index in [1.165, 1.54) is 24.3 Å². The van der Waals surface area contributed by atoms with Gasteiger partial charge in [-0.2, -0.15) is 0 Å². The number of benzene rings is 2. The predicted molar refractivity (Wildman–Crippen MR) is 112 cm³/mol. The molecular weight excluding hydrogens is 398 g/mol. The monoisotopic (exact) mass is 421 g/mol. The lowest BCUT2D eigenvalue weighted by atomic mass is 10.1. The highest BCUT2D eigenvalue weighted by Gasteiger charge is 2.19. The van der Waals surface area contributed by atoms with E-state index in [0.29, 0.717) is 6.54 Å². The fourth-order valence-electron chi connectivity index (χ4n) is 2.60. The fourth-order valence-corrected chi connectivity index (χ4v) is 4.12. The highest BCUT2D eigenvalue weighted by atomic mass is 35.5. The molecule has 8 heteroatoms. The highest BCUT2D eigenvalue weighted by Crippen LogP contribution is 2.22. The average molecular weight is 422 g/mol. The lowest BCUT2D eigenvalue weighted by molar-refractivity contribution is 0.0950. The van der Waals surface area contributed by atoms with Crippen LogP contribution in [0.2, 0.25) is 5.02 Å². The van der Waals surface area contributed by atoms with Gasteiger partial charge in [-0.05, 0) is 43.4 Å². The van der Waals surface area contributed by atoms with Crippen molar-refractivity contribution in [2.75, 3.05) is 20.6 Å². The van der Waals surface area contributed by atoms with Crippen LogP contribution < -0.4 is 10.0 Å². The minimum atomic E-state index is -3.84. The van der Waals surface area contributed by atoms with Gasteiger partial charge in [0.15, 0.2) is 0 Å². The molecule has 2 aromatic rings. The van der Waals surface area contributed by atoms with Crippen LogP contribution >= 0.6 is 11.6 Å². The van der Waals surface area contributed by atoms with E-state index in [-0.39, 0.29) is 27.9 Å². The Bertz CT molecular complexity index is 959. The first-order valence-corrected chi connectivity index (χ1v) is 10.5. The summed E-state index contributed by atoms with van der Waals surface area (Å²) in [6.45, 7) is 4.63. The van der Waals surface area contributed by atoms with Crippen LogP contribution in [0.3, 0.4) is 0 Å². The molecular formula is C20H24ClN3O3S. The van der Waals surface area contributed by atoms with E-state index < -0.39 is 10.0 Å². The van der Waals surface area contributed by atoms with Crippen molar-refractivity contribution in [3.8, 4) is 0 Å². The van der Waals surface area contributed by atoms with Crippen LogP contribution in [0.5, 0.6) is 0 Å². The van der Waals surface area contributed by atoms with Crippen LogP contribution in [0, 0.1) is 0 Å². The van der Waals surface area contributed by atoms with E-state index in [9.17, 15) is 13.2 Å². The first-order chi connectivity index (χ1) is 13.2. The summed E-state index contributed by atoms with van der Waals surface area (Å²) < 4.78 is 27.0. The molecule has 1 amide bonds. The number of nitrogens with zero attached hydrogens (tertiary/aromatic N) is 1. The van der Waals surface area contributed by atoms with E-state index in [2.05, 4.69) is 16.6 Å². The SMILES string of the molecule is C=CCNS(=O)(=O)c1cc(C(=O)NCc2ccccc2CN(C)C)ccc1Cl. The zero-order valence-electron chi connectivity index (χ0n) is 15.9. The Morgan fingerprint density at radius 3 is 2.50 bits per heavy atom. The molecule has 0 atom stereocenters. The molecule has 0 unspecified atom stereocenters. The quantitative estimate of drug-likeness (QED) is 0.610. The Morgan fingerprint density at radius 1 is 1.18 bits per heavy atom. The van der Waals surface area contributed by atoms with Gasteiger partial charge in [0.2, 0.25) is 10.0 Å². The van der Waals surface area contributed by atoms with Gasteiger partial charge in [-0.3, -0.25) is 4.79 Å². The topological polar surface area (TPSA) is 78.5 Å². The molecule has 0 spiro atoms. The third-order valence-electron chi connectivity index (χ3n) is 3.94. The molecule has 2 aromatic carbocycles. The van der Waals surface area contributed by atoms with Gasteiger partial charge in [0.05, 0.1) is 5.02 Å². The number of nitrogens with one attached hydrogen (secondary N) is 2. The number of halogens is 1. The van der Waals surface area contributed by atoms with Crippen LogP contribution in [0.4, 0.5) is 0 Å². The van der Waals surface area contributed by atoms with Crippen molar-refractivity contribution in [3.63, 3.8) is 0 Å². The third-order valence-corrected chi connectivity index (χ3v) is 5.85. The lowest BCUT2D eigenvalue weighted by Crippen LogP contribution is -2.26. The fraction of sp³-hybridized carbons (Fsp3) is 0.250. The van der Waals surface area contributed by atoms with E-state index >= 15 is 0 Å². The van der Waals surface area contributed by atoms with Crippen LogP contribution in [0.25, 0.3) is 0 Å². The summed E-state index contributed by atoms with van der Waals surface area (Å²) in [5, 5.41) is 2.88. The summed E-state index contributed by atoms with van der Waals surface area (Å²) >= 11 is 6.03. The Labute approximate surface area is 171 Å². The molecule has 2 rings (SSSR count). The number of amides is 1. The van der Waals surface area contributed by atoms with Gasteiger partial charge in [0.1, 0.15) is 4.90 Å². The molecule has 0 saturated heterocycles. The largest absolute Gasteiger partial charge is 0.348 e. The third kappa shape index (κ3) is 5.90. The van der Waals surface area contributed by atoms with E-state index in [0.717, 1.165) is 17.7 Å². The molecule has 2 N–H and O–H groups in total. The van der Waals surface area contributed by atoms with Crippen molar-refractivity contribution >= 4 is 27.5 Å². The first-order valence-electron chi connectivity index (χ1n) is 8.64. The Kier molecular flexibility index (Phi) is 7.77. The standard InChI is InChI=1S/C20H24ClN3O3S/c1-4-11-23-28(26,27)19-12-15(9-10-18(19)21)20(25)22-13-16-7-5-6-8-17(16)14-24(2)3/h4-10,12,23H,1,11,13-14H2,2-3H3,(H,22,25). The average Bonchev–Trinajstić information content (AvgIpc) is 2.65. The van der Waals surface area contributed by atoms with Gasteiger partial charge in [-0.1, -0.05) is 41.9 Å². The predicted octanol–water partition coefficient (Wildman–Crippen LogP) is 2.80.